The van der Waals surface area contributed by atoms with Gasteiger partial charge in [-0.25, -0.2) is 4.98 Å². The predicted molar refractivity (Wildman–Crippen MR) is 95.3 cm³/mol. The highest BCUT2D eigenvalue weighted by Crippen LogP contribution is 2.28. The molecular weight excluding hydrogens is 298 g/mol. The zero-order valence-corrected chi connectivity index (χ0v) is 14.3. The van der Waals surface area contributed by atoms with E-state index in [1.807, 2.05) is 24.0 Å². The van der Waals surface area contributed by atoms with Crippen LogP contribution in [-0.2, 0) is 7.05 Å². The topological polar surface area (TPSA) is 48.5 Å². The van der Waals surface area contributed by atoms with Gasteiger partial charge < -0.3 is 4.57 Å². The van der Waals surface area contributed by atoms with Crippen molar-refractivity contribution >= 4 is 11.0 Å². The first kappa shape index (κ1) is 14.6. The summed E-state index contributed by atoms with van der Waals surface area (Å²) in [6.45, 7) is 6.38. The van der Waals surface area contributed by atoms with Crippen molar-refractivity contribution in [3.63, 3.8) is 0 Å². The number of benzene rings is 2. The molecule has 0 N–H and O–H groups in total. The number of fused-ring (bicyclic) bond motifs is 1. The fourth-order valence-corrected chi connectivity index (χ4v) is 3.41. The molecule has 0 spiro atoms. The summed E-state index contributed by atoms with van der Waals surface area (Å²) in [4.78, 5) is 4.38. The summed E-state index contributed by atoms with van der Waals surface area (Å²) in [5.74, 6) is 0.841. The Morgan fingerprint density at radius 1 is 0.917 bits per heavy atom. The molecule has 0 saturated heterocycles. The number of aryl methyl sites for hydroxylation is 4. The first-order valence-corrected chi connectivity index (χ1v) is 7.94. The van der Waals surface area contributed by atoms with Crippen molar-refractivity contribution in [1.82, 2.24) is 24.3 Å². The molecule has 120 valence electrons. The van der Waals surface area contributed by atoms with Gasteiger partial charge >= 0.3 is 0 Å². The van der Waals surface area contributed by atoms with Gasteiger partial charge in [-0.1, -0.05) is 17.7 Å². The molecule has 0 atom stereocenters. The maximum atomic E-state index is 4.38. The fourth-order valence-electron chi connectivity index (χ4n) is 3.41. The van der Waals surface area contributed by atoms with Gasteiger partial charge in [0.2, 0.25) is 0 Å². The van der Waals surface area contributed by atoms with E-state index in [0.717, 1.165) is 28.1 Å². The van der Waals surface area contributed by atoms with Crippen LogP contribution in [0.5, 0.6) is 0 Å². The van der Waals surface area contributed by atoms with E-state index in [0.29, 0.717) is 0 Å². The van der Waals surface area contributed by atoms with E-state index in [2.05, 4.69) is 64.8 Å². The van der Waals surface area contributed by atoms with Gasteiger partial charge in [0.15, 0.2) is 5.82 Å². The number of hydrogen-bond acceptors (Lipinski definition) is 3. The van der Waals surface area contributed by atoms with Gasteiger partial charge in [0.05, 0.1) is 23.0 Å². The Bertz CT molecular complexity index is 1030. The van der Waals surface area contributed by atoms with Crippen molar-refractivity contribution in [2.24, 2.45) is 7.05 Å². The van der Waals surface area contributed by atoms with Crippen LogP contribution in [0.2, 0.25) is 0 Å². The third-order valence-electron chi connectivity index (χ3n) is 4.41. The molecule has 4 aromatic rings. The van der Waals surface area contributed by atoms with E-state index in [9.17, 15) is 0 Å². The van der Waals surface area contributed by atoms with E-state index in [1.54, 1.807) is 6.33 Å². The Balaban J connectivity index is 1.93. The van der Waals surface area contributed by atoms with Gasteiger partial charge in [0, 0.05) is 12.6 Å². The Morgan fingerprint density at radius 3 is 2.42 bits per heavy atom. The number of imidazole rings is 1. The van der Waals surface area contributed by atoms with Gasteiger partial charge in [-0.05, 0) is 50.1 Å². The summed E-state index contributed by atoms with van der Waals surface area (Å²) >= 11 is 0. The van der Waals surface area contributed by atoms with E-state index in [1.165, 1.54) is 16.7 Å². The Hall–Kier alpha value is -2.95. The second-order valence-electron chi connectivity index (χ2n) is 6.33. The molecule has 0 amide bonds. The van der Waals surface area contributed by atoms with E-state index in [-0.39, 0.29) is 0 Å². The molecular formula is C19H19N5. The van der Waals surface area contributed by atoms with Crippen molar-refractivity contribution in [3.8, 4) is 17.1 Å². The maximum absolute atomic E-state index is 4.38. The molecule has 2 aromatic heterocycles. The summed E-state index contributed by atoms with van der Waals surface area (Å²) in [6.07, 6.45) is 3.61. The molecule has 24 heavy (non-hydrogen) atoms. The highest BCUT2D eigenvalue weighted by molar-refractivity contribution is 5.81. The van der Waals surface area contributed by atoms with E-state index < -0.39 is 0 Å². The molecule has 0 bridgehead atoms. The minimum absolute atomic E-state index is 0.841. The van der Waals surface area contributed by atoms with Crippen LogP contribution in [0.4, 0.5) is 0 Å². The lowest BCUT2D eigenvalue weighted by Gasteiger charge is -2.14. The summed E-state index contributed by atoms with van der Waals surface area (Å²) in [5.41, 5.74) is 7.94. The first-order valence-electron chi connectivity index (χ1n) is 7.94. The zero-order chi connectivity index (χ0) is 16.8. The lowest BCUT2D eigenvalue weighted by molar-refractivity contribution is 0.947. The smallest absolute Gasteiger partial charge is 0.168 e. The maximum Gasteiger partial charge on any atom is 0.168 e. The first-order chi connectivity index (χ1) is 11.5. The molecule has 0 aliphatic rings. The fraction of sp³-hybridized carbons (Fsp3) is 0.211. The third kappa shape index (κ3) is 2.21. The Morgan fingerprint density at radius 2 is 1.67 bits per heavy atom. The van der Waals surface area contributed by atoms with Crippen LogP contribution in [0, 0.1) is 20.8 Å². The quantitative estimate of drug-likeness (QED) is 0.566. The minimum Gasteiger partial charge on any atom is -0.334 e. The Labute approximate surface area is 140 Å². The van der Waals surface area contributed by atoms with Crippen molar-refractivity contribution in [2.45, 2.75) is 20.8 Å². The molecule has 0 fully saturated rings. The van der Waals surface area contributed by atoms with Crippen LogP contribution < -0.4 is 0 Å². The van der Waals surface area contributed by atoms with Gasteiger partial charge in [-0.15, -0.1) is 10.2 Å². The highest BCUT2D eigenvalue weighted by atomic mass is 15.3. The highest BCUT2D eigenvalue weighted by Gasteiger charge is 2.14. The summed E-state index contributed by atoms with van der Waals surface area (Å²) in [5, 5.41) is 8.53. The van der Waals surface area contributed by atoms with Crippen molar-refractivity contribution < 1.29 is 0 Å². The van der Waals surface area contributed by atoms with Crippen LogP contribution in [-0.4, -0.2) is 24.3 Å². The molecule has 4 rings (SSSR count). The van der Waals surface area contributed by atoms with Gasteiger partial charge in [-0.2, -0.15) is 0 Å². The van der Waals surface area contributed by atoms with Crippen LogP contribution in [0.1, 0.15) is 16.7 Å². The standard InChI is InChI=1S/C19H19N5/c1-12-7-13(2)18(14(3)8-12)24-11-21-22-19(24)15-5-6-16-17(9-15)23(4)10-20-16/h5-11H,1-4H3. The zero-order valence-electron chi connectivity index (χ0n) is 14.3. The molecule has 2 heterocycles. The van der Waals surface area contributed by atoms with Crippen LogP contribution in [0.3, 0.4) is 0 Å². The molecule has 0 aliphatic heterocycles. The normalized spacial score (nSPS) is 11.3. The molecule has 5 nitrogen and oxygen atoms in total. The van der Waals surface area contributed by atoms with Crippen LogP contribution in [0.15, 0.2) is 43.0 Å². The van der Waals surface area contributed by atoms with Crippen LogP contribution in [0.25, 0.3) is 28.1 Å². The number of hydrogen-bond donors (Lipinski definition) is 0. The van der Waals surface area contributed by atoms with E-state index in [4.69, 9.17) is 0 Å². The molecule has 0 radical (unpaired) electrons. The monoisotopic (exact) mass is 317 g/mol. The number of nitrogens with zero attached hydrogens (tertiary/aromatic N) is 5. The summed E-state index contributed by atoms with van der Waals surface area (Å²) in [6, 6.07) is 10.6. The lowest BCUT2D eigenvalue weighted by Crippen LogP contribution is -2.02. The average molecular weight is 317 g/mol. The number of aromatic nitrogens is 5. The summed E-state index contributed by atoms with van der Waals surface area (Å²) in [7, 11) is 2.00. The van der Waals surface area contributed by atoms with Crippen molar-refractivity contribution in [2.75, 3.05) is 0 Å². The lowest BCUT2D eigenvalue weighted by atomic mass is 10.0. The molecule has 5 heteroatoms. The molecule has 0 unspecified atom stereocenters. The third-order valence-corrected chi connectivity index (χ3v) is 4.41. The van der Waals surface area contributed by atoms with Gasteiger partial charge in [0.25, 0.3) is 0 Å². The molecule has 0 aliphatic carbocycles. The second kappa shape index (κ2) is 5.30. The van der Waals surface area contributed by atoms with Gasteiger partial charge in [0.1, 0.15) is 6.33 Å². The minimum atomic E-state index is 0.841. The largest absolute Gasteiger partial charge is 0.334 e. The predicted octanol–water partition coefficient (Wildman–Crippen LogP) is 3.75. The van der Waals surface area contributed by atoms with Crippen molar-refractivity contribution in [1.29, 1.82) is 0 Å². The van der Waals surface area contributed by atoms with Crippen LogP contribution >= 0.6 is 0 Å². The van der Waals surface area contributed by atoms with Crippen molar-refractivity contribution in [3.05, 3.63) is 59.7 Å². The second-order valence-corrected chi connectivity index (χ2v) is 6.33. The number of rotatable bonds is 2. The molecule has 0 saturated carbocycles. The molecule has 2 aromatic carbocycles. The van der Waals surface area contributed by atoms with Gasteiger partial charge in [-0.3, -0.25) is 4.57 Å². The van der Waals surface area contributed by atoms with E-state index >= 15 is 0 Å². The average Bonchev–Trinajstić information content (AvgIpc) is 3.14. The SMILES string of the molecule is Cc1cc(C)c(-n2cnnc2-c2ccc3ncn(C)c3c2)c(C)c1. The Kier molecular flexibility index (Phi) is 3.23. The summed E-state index contributed by atoms with van der Waals surface area (Å²) < 4.78 is 4.09.